The third kappa shape index (κ3) is 2.49. The van der Waals surface area contributed by atoms with E-state index in [1.807, 2.05) is 6.92 Å². The van der Waals surface area contributed by atoms with E-state index >= 15 is 0 Å². The first kappa shape index (κ1) is 12.9. The van der Waals surface area contributed by atoms with Crippen molar-refractivity contribution in [2.75, 3.05) is 6.54 Å². The molecule has 3 nitrogen and oxygen atoms in total. The van der Waals surface area contributed by atoms with Gasteiger partial charge in [-0.3, -0.25) is 4.79 Å². The summed E-state index contributed by atoms with van der Waals surface area (Å²) in [7, 11) is 0. The van der Waals surface area contributed by atoms with Crippen LogP contribution in [-0.2, 0) is 0 Å². The molecule has 1 atom stereocenters. The van der Waals surface area contributed by atoms with Gasteiger partial charge in [-0.1, -0.05) is 12.8 Å². The molecule has 1 aromatic rings. The van der Waals surface area contributed by atoms with Crippen LogP contribution >= 0.6 is 0 Å². The van der Waals surface area contributed by atoms with Crippen LogP contribution in [0.4, 0.5) is 8.78 Å². The Hall–Kier alpha value is -1.52. The molecule has 0 saturated carbocycles. The van der Waals surface area contributed by atoms with Crippen LogP contribution in [0.2, 0.25) is 0 Å². The summed E-state index contributed by atoms with van der Waals surface area (Å²) in [5.41, 5.74) is -0.226. The van der Waals surface area contributed by atoms with E-state index in [-0.39, 0.29) is 11.6 Å². The molecule has 1 aromatic heterocycles. The highest BCUT2D eigenvalue weighted by Gasteiger charge is 2.26. The van der Waals surface area contributed by atoms with Crippen LogP contribution in [0.5, 0.6) is 0 Å². The molecule has 0 aromatic carbocycles. The van der Waals surface area contributed by atoms with Crippen LogP contribution < -0.4 is 0 Å². The molecule has 0 N–H and O–H groups in total. The van der Waals surface area contributed by atoms with Crippen LogP contribution in [0.25, 0.3) is 0 Å². The highest BCUT2D eigenvalue weighted by atomic mass is 19.2. The van der Waals surface area contributed by atoms with Gasteiger partial charge in [0.25, 0.3) is 5.91 Å². The number of carbonyl (C=O) groups excluding carboxylic acids is 1. The zero-order chi connectivity index (χ0) is 13.1. The molecular formula is C13H16F2N2O. The summed E-state index contributed by atoms with van der Waals surface area (Å²) >= 11 is 0. The van der Waals surface area contributed by atoms with Gasteiger partial charge < -0.3 is 4.90 Å². The van der Waals surface area contributed by atoms with Gasteiger partial charge in [-0.25, -0.2) is 9.37 Å². The second-order valence-corrected chi connectivity index (χ2v) is 4.66. The van der Waals surface area contributed by atoms with Gasteiger partial charge in [-0.15, -0.1) is 0 Å². The fraction of sp³-hybridized carbons (Fsp3) is 0.538. The predicted molar refractivity (Wildman–Crippen MR) is 63.1 cm³/mol. The van der Waals surface area contributed by atoms with Gasteiger partial charge in [-0.2, -0.15) is 4.39 Å². The summed E-state index contributed by atoms with van der Waals surface area (Å²) in [6, 6.07) is 1.30. The topological polar surface area (TPSA) is 33.2 Å². The van der Waals surface area contributed by atoms with Gasteiger partial charge in [0, 0.05) is 18.8 Å². The van der Waals surface area contributed by atoms with Gasteiger partial charge in [0.15, 0.2) is 5.82 Å². The molecule has 2 heterocycles. The van der Waals surface area contributed by atoms with Gasteiger partial charge in [0.05, 0.1) is 5.56 Å². The Morgan fingerprint density at radius 1 is 1.39 bits per heavy atom. The number of likely N-dealkylation sites (tertiary alicyclic amines) is 1. The number of amides is 1. The fourth-order valence-corrected chi connectivity index (χ4v) is 2.31. The summed E-state index contributed by atoms with van der Waals surface area (Å²) < 4.78 is 26.6. The molecule has 1 aliphatic rings. The number of hydrogen-bond acceptors (Lipinski definition) is 2. The largest absolute Gasteiger partial charge is 0.336 e. The van der Waals surface area contributed by atoms with Crippen molar-refractivity contribution < 1.29 is 13.6 Å². The predicted octanol–water partition coefficient (Wildman–Crippen LogP) is 2.76. The van der Waals surface area contributed by atoms with Crippen LogP contribution in [0.1, 0.15) is 43.0 Å². The number of carbonyl (C=O) groups is 1. The molecule has 1 saturated heterocycles. The molecule has 1 fully saturated rings. The van der Waals surface area contributed by atoms with Crippen molar-refractivity contribution in [3.05, 3.63) is 29.6 Å². The molecule has 1 unspecified atom stereocenters. The van der Waals surface area contributed by atoms with Crippen molar-refractivity contribution in [2.45, 2.75) is 38.6 Å². The number of aromatic nitrogens is 1. The Bertz CT molecular complexity index is 451. The fourth-order valence-electron chi connectivity index (χ4n) is 2.31. The lowest BCUT2D eigenvalue weighted by Crippen LogP contribution is -2.38. The van der Waals surface area contributed by atoms with Gasteiger partial charge in [-0.05, 0) is 25.8 Å². The minimum atomic E-state index is -1.22. The van der Waals surface area contributed by atoms with Gasteiger partial charge in [0.1, 0.15) is 0 Å². The van der Waals surface area contributed by atoms with Crippen LogP contribution in [0.15, 0.2) is 12.3 Å². The Morgan fingerprint density at radius 2 is 2.17 bits per heavy atom. The SMILES string of the molecule is CC1CCCCCN1C(=O)c1ccnc(F)c1F. The molecule has 0 spiro atoms. The number of hydrogen-bond donors (Lipinski definition) is 0. The van der Waals surface area contributed by atoms with E-state index in [0.717, 1.165) is 31.9 Å². The summed E-state index contributed by atoms with van der Waals surface area (Å²) in [5, 5.41) is 0. The zero-order valence-electron chi connectivity index (χ0n) is 10.3. The normalized spacial score (nSPS) is 20.6. The maximum absolute atomic E-state index is 13.6. The molecule has 5 heteroatoms. The van der Waals surface area contributed by atoms with E-state index < -0.39 is 17.7 Å². The van der Waals surface area contributed by atoms with Crippen molar-refractivity contribution >= 4 is 5.91 Å². The summed E-state index contributed by atoms with van der Waals surface area (Å²) in [4.78, 5) is 17.0. The molecule has 1 amide bonds. The molecule has 0 radical (unpaired) electrons. The second kappa shape index (κ2) is 5.42. The maximum Gasteiger partial charge on any atom is 0.257 e. The summed E-state index contributed by atoms with van der Waals surface area (Å²) in [5.74, 6) is -2.81. The van der Waals surface area contributed by atoms with Crippen molar-refractivity contribution in [3.8, 4) is 0 Å². The van der Waals surface area contributed by atoms with Crippen molar-refractivity contribution in [1.82, 2.24) is 9.88 Å². The Labute approximate surface area is 105 Å². The van der Waals surface area contributed by atoms with Crippen LogP contribution in [0, 0.1) is 11.8 Å². The van der Waals surface area contributed by atoms with Crippen LogP contribution in [-0.4, -0.2) is 28.4 Å². The lowest BCUT2D eigenvalue weighted by Gasteiger charge is -2.27. The molecule has 0 aliphatic carbocycles. The van der Waals surface area contributed by atoms with E-state index in [4.69, 9.17) is 0 Å². The molecule has 1 aliphatic heterocycles. The molecular weight excluding hydrogens is 238 g/mol. The number of nitrogens with zero attached hydrogens (tertiary/aromatic N) is 2. The van der Waals surface area contributed by atoms with Gasteiger partial charge in [0.2, 0.25) is 5.95 Å². The number of pyridine rings is 1. The average molecular weight is 254 g/mol. The lowest BCUT2D eigenvalue weighted by molar-refractivity contribution is 0.0691. The molecule has 2 rings (SSSR count). The Morgan fingerprint density at radius 3 is 2.94 bits per heavy atom. The average Bonchev–Trinajstić information content (AvgIpc) is 2.57. The van der Waals surface area contributed by atoms with Crippen molar-refractivity contribution in [3.63, 3.8) is 0 Å². The van der Waals surface area contributed by atoms with E-state index in [0.29, 0.717) is 6.54 Å². The number of halogens is 2. The first-order valence-corrected chi connectivity index (χ1v) is 6.22. The molecule has 98 valence electrons. The van der Waals surface area contributed by atoms with E-state index in [1.54, 1.807) is 4.90 Å². The first-order chi connectivity index (χ1) is 8.61. The molecule has 0 bridgehead atoms. The monoisotopic (exact) mass is 254 g/mol. The molecule has 18 heavy (non-hydrogen) atoms. The third-order valence-corrected chi connectivity index (χ3v) is 3.39. The maximum atomic E-state index is 13.6. The first-order valence-electron chi connectivity index (χ1n) is 6.22. The van der Waals surface area contributed by atoms with Crippen molar-refractivity contribution in [2.24, 2.45) is 0 Å². The zero-order valence-corrected chi connectivity index (χ0v) is 10.3. The minimum Gasteiger partial charge on any atom is -0.336 e. The standard InChI is InChI=1S/C13H16F2N2O/c1-9-5-3-2-4-8-17(9)13(18)10-6-7-16-12(15)11(10)14/h6-7,9H,2-5,8H2,1H3. The Kier molecular flexibility index (Phi) is 3.89. The van der Waals surface area contributed by atoms with E-state index in [9.17, 15) is 13.6 Å². The third-order valence-electron chi connectivity index (χ3n) is 3.39. The lowest BCUT2D eigenvalue weighted by atomic mass is 10.1. The number of rotatable bonds is 1. The summed E-state index contributed by atoms with van der Waals surface area (Å²) in [6.45, 7) is 2.54. The second-order valence-electron chi connectivity index (χ2n) is 4.66. The van der Waals surface area contributed by atoms with E-state index in [2.05, 4.69) is 4.98 Å². The van der Waals surface area contributed by atoms with Crippen LogP contribution in [0.3, 0.4) is 0 Å². The summed E-state index contributed by atoms with van der Waals surface area (Å²) in [6.07, 6.45) is 5.07. The quantitative estimate of drug-likeness (QED) is 0.722. The van der Waals surface area contributed by atoms with Gasteiger partial charge >= 0.3 is 0 Å². The smallest absolute Gasteiger partial charge is 0.257 e. The van der Waals surface area contributed by atoms with E-state index in [1.165, 1.54) is 6.07 Å². The Balaban J connectivity index is 2.26. The highest BCUT2D eigenvalue weighted by molar-refractivity contribution is 5.94. The highest BCUT2D eigenvalue weighted by Crippen LogP contribution is 2.20. The minimum absolute atomic E-state index is 0.0654. The van der Waals surface area contributed by atoms with Crippen molar-refractivity contribution in [1.29, 1.82) is 0 Å².